The number of hydrogen-bond donors (Lipinski definition) is 4. The molecule has 58 heavy (non-hydrogen) atoms. The number of nitrogens with one attached hydrogen (secondary N) is 1. The molecule has 0 bridgehead atoms. The number of allylic oxidation sites excluding steroid dienone is 2. The largest absolute Gasteiger partial charge is 0.748 e. The Morgan fingerprint density at radius 1 is 1.09 bits per heavy atom. The van der Waals surface area contributed by atoms with E-state index in [0.29, 0.717) is 37.5 Å². The van der Waals surface area contributed by atoms with Crippen LogP contribution in [-0.2, 0) is 31.0 Å². The van der Waals surface area contributed by atoms with E-state index in [1.54, 1.807) is 23.1 Å². The lowest BCUT2D eigenvalue weighted by Gasteiger charge is -2.38. The highest BCUT2D eigenvalue weighted by Gasteiger charge is 2.40. The highest BCUT2D eigenvalue weighted by Crippen LogP contribution is 2.47. The summed E-state index contributed by atoms with van der Waals surface area (Å²) < 4.78 is 37.6. The highest BCUT2D eigenvalue weighted by molar-refractivity contribution is 8.03. The molecule has 4 aromatic rings. The van der Waals surface area contributed by atoms with E-state index < -0.39 is 51.8 Å². The maximum absolute atomic E-state index is 13.1. The first kappa shape index (κ1) is 42.9. The number of aliphatic carboxylic acids is 1. The van der Waals surface area contributed by atoms with Gasteiger partial charge in [-0.25, -0.2) is 13.2 Å². The van der Waals surface area contributed by atoms with Crippen molar-refractivity contribution < 1.29 is 42.1 Å². The second-order valence-electron chi connectivity index (χ2n) is 14.2. The number of fused-ring (bicyclic) bond motifs is 2. The van der Waals surface area contributed by atoms with Gasteiger partial charge in [-0.05, 0) is 73.7 Å². The van der Waals surface area contributed by atoms with E-state index >= 15 is 0 Å². The average Bonchev–Trinajstić information content (AvgIpc) is 3.68. The summed E-state index contributed by atoms with van der Waals surface area (Å²) in [6.07, 6.45) is 5.22. The minimum Gasteiger partial charge on any atom is -0.748 e. The Kier molecular flexibility index (Phi) is 13.7. The van der Waals surface area contributed by atoms with E-state index in [9.17, 15) is 37.6 Å². The van der Waals surface area contributed by atoms with Crippen molar-refractivity contribution in [3.05, 3.63) is 105 Å². The van der Waals surface area contributed by atoms with Crippen LogP contribution in [0.3, 0.4) is 0 Å². The number of aromatic nitrogens is 1. The summed E-state index contributed by atoms with van der Waals surface area (Å²) in [5, 5.41) is 25.5. The molecular formula is C41H44ClN5O8S3. The minimum atomic E-state index is -4.37. The fourth-order valence-corrected chi connectivity index (χ4v) is 10.0. The third-order valence-electron chi connectivity index (χ3n) is 9.93. The Morgan fingerprint density at radius 2 is 1.84 bits per heavy atom. The van der Waals surface area contributed by atoms with E-state index in [2.05, 4.69) is 45.1 Å². The molecule has 5 N–H and O–H groups in total. The van der Waals surface area contributed by atoms with Crippen LogP contribution in [-0.4, -0.2) is 82.9 Å². The van der Waals surface area contributed by atoms with Gasteiger partial charge in [-0.2, -0.15) is 4.57 Å². The van der Waals surface area contributed by atoms with Crippen molar-refractivity contribution in [1.29, 1.82) is 0 Å². The number of nitrogens with two attached hydrogens (primary N) is 1. The Balaban J connectivity index is 1.18. The average molecular weight is 866 g/mol. The van der Waals surface area contributed by atoms with Crippen molar-refractivity contribution in [2.45, 2.75) is 69.2 Å². The van der Waals surface area contributed by atoms with Crippen LogP contribution in [0.2, 0.25) is 5.02 Å². The summed E-state index contributed by atoms with van der Waals surface area (Å²) in [5.74, 6) is -3.03. The van der Waals surface area contributed by atoms with Crippen molar-refractivity contribution in [2.75, 3.05) is 23.7 Å². The molecule has 13 nitrogen and oxygen atoms in total. The lowest BCUT2D eigenvalue weighted by atomic mass is 9.95. The lowest BCUT2D eigenvalue weighted by Crippen LogP contribution is -2.56. The molecular weight excluding hydrogens is 822 g/mol. The SMILES string of the molecule is CC(/C=C1\Sc2ccc(Cl)cc2N1CCCCNC(=O)C(C)N1C=C(C(N)=O)CC(O)C1C(=O)O)=C\c1sc2ccc(-c3ccccc3)cc2[n+]1CCCS(=O)(=O)[O-]. The molecule has 0 spiro atoms. The molecule has 3 unspecified atom stereocenters. The Hall–Kier alpha value is -4.71. The van der Waals surface area contributed by atoms with Gasteiger partial charge in [0.25, 0.3) is 5.01 Å². The Bertz CT molecular complexity index is 2420. The quantitative estimate of drug-likeness (QED) is 0.0633. The van der Waals surface area contributed by atoms with Crippen LogP contribution in [0.1, 0.15) is 44.5 Å². The predicted molar refractivity (Wildman–Crippen MR) is 226 cm³/mol. The fourth-order valence-electron chi connectivity index (χ4n) is 7.04. The fraction of sp³-hybridized carbons (Fsp3) is 0.317. The maximum atomic E-state index is 13.1. The third-order valence-corrected chi connectivity index (χ3v) is 13.2. The second-order valence-corrected chi connectivity index (χ2v) is 18.3. The van der Waals surface area contributed by atoms with E-state index in [4.69, 9.17) is 17.3 Å². The summed E-state index contributed by atoms with van der Waals surface area (Å²) in [6.45, 7) is 4.76. The van der Waals surface area contributed by atoms with Gasteiger partial charge in [0.15, 0.2) is 12.6 Å². The van der Waals surface area contributed by atoms with Crippen molar-refractivity contribution >= 4 is 84.6 Å². The van der Waals surface area contributed by atoms with E-state index in [-0.39, 0.29) is 18.4 Å². The number of carboxylic acids is 1. The van der Waals surface area contributed by atoms with Crippen molar-refractivity contribution in [3.63, 3.8) is 0 Å². The van der Waals surface area contributed by atoms with E-state index in [0.717, 1.165) is 47.5 Å². The number of rotatable bonds is 16. The maximum Gasteiger partial charge on any atom is 0.329 e. The number of amides is 2. The molecule has 3 aromatic carbocycles. The molecule has 6 rings (SSSR count). The molecule has 2 aliphatic rings. The summed E-state index contributed by atoms with van der Waals surface area (Å²) >= 11 is 9.64. The highest BCUT2D eigenvalue weighted by atomic mass is 35.5. The van der Waals surface area contributed by atoms with Crippen molar-refractivity contribution in [2.24, 2.45) is 5.73 Å². The first-order chi connectivity index (χ1) is 27.6. The van der Waals surface area contributed by atoms with Gasteiger partial charge in [0, 0.05) is 65.5 Å². The van der Waals surface area contributed by atoms with Gasteiger partial charge < -0.3 is 35.6 Å². The summed E-state index contributed by atoms with van der Waals surface area (Å²) in [5.41, 5.74) is 10.4. The number of aliphatic hydroxyl groups excluding tert-OH is 1. The number of hydrogen-bond acceptors (Lipinski definition) is 11. The minimum absolute atomic E-state index is 0.0383. The van der Waals surface area contributed by atoms with Crippen LogP contribution in [0.4, 0.5) is 5.69 Å². The van der Waals surface area contributed by atoms with Gasteiger partial charge >= 0.3 is 5.97 Å². The molecule has 17 heteroatoms. The molecule has 1 aromatic heterocycles. The number of nitrogens with zero attached hydrogens (tertiary/aromatic N) is 3. The number of carbonyl (C=O) groups is 3. The van der Waals surface area contributed by atoms with E-state index in [1.165, 1.54) is 18.0 Å². The van der Waals surface area contributed by atoms with Gasteiger partial charge in [-0.15, -0.1) is 0 Å². The van der Waals surface area contributed by atoms with Crippen LogP contribution in [0.5, 0.6) is 0 Å². The number of thioether (sulfide) groups is 1. The van der Waals surface area contributed by atoms with Gasteiger partial charge in [0.2, 0.25) is 17.3 Å². The van der Waals surface area contributed by atoms with Crippen molar-refractivity contribution in [3.8, 4) is 11.1 Å². The summed E-state index contributed by atoms with van der Waals surface area (Å²) in [6, 6.07) is 19.5. The molecule has 3 atom stereocenters. The summed E-state index contributed by atoms with van der Waals surface area (Å²) in [4.78, 5) is 41.3. The second kappa shape index (κ2) is 18.5. The standard InChI is InChI=1S/C41H44ClN5O8S3/c1-25(20-37-46(17-8-18-58(53,54)55)31-21-28(11-13-34(31)56-37)27-9-4-3-5-10-27)19-36-45(32-23-30(42)12-14-35(32)57-36)16-7-6-15-44-40(50)26(2)47-24-29(39(43)49)22-33(48)38(47)41(51)52/h3-5,9-14,19-21,23-24,26,33,38,48H,6-8,15-18,22H2,1-2H3,(H4-,43,44,49,50,51,52,53,54,55). The number of primary amides is 1. The molecule has 306 valence electrons. The number of carbonyl (C=O) groups excluding carboxylic acids is 2. The van der Waals surface area contributed by atoms with Gasteiger partial charge in [0.05, 0.1) is 26.9 Å². The zero-order chi connectivity index (χ0) is 41.7. The zero-order valence-electron chi connectivity index (χ0n) is 31.8. The summed E-state index contributed by atoms with van der Waals surface area (Å²) in [7, 11) is -4.37. The zero-order valence-corrected chi connectivity index (χ0v) is 35.0. The number of aliphatic hydroxyl groups is 1. The van der Waals surface area contributed by atoms with Gasteiger partial charge in [0.1, 0.15) is 10.7 Å². The molecule has 3 heterocycles. The van der Waals surface area contributed by atoms with Crippen LogP contribution in [0, 0.1) is 0 Å². The van der Waals surface area contributed by atoms with Gasteiger partial charge in [-0.3, -0.25) is 9.59 Å². The first-order valence-corrected chi connectivity index (χ1v) is 22.3. The van der Waals surface area contributed by atoms with Crippen LogP contribution >= 0.6 is 34.7 Å². The molecule has 0 fully saturated rings. The monoisotopic (exact) mass is 865 g/mol. The molecule has 0 saturated heterocycles. The van der Waals surface area contributed by atoms with Gasteiger partial charge in [-0.1, -0.05) is 71.1 Å². The Morgan fingerprint density at radius 3 is 2.55 bits per heavy atom. The van der Waals surface area contributed by atoms with Crippen LogP contribution in [0.25, 0.3) is 27.4 Å². The lowest BCUT2D eigenvalue weighted by molar-refractivity contribution is -0.668. The Labute approximate surface area is 350 Å². The normalized spacial score (nSPS) is 18.3. The number of unbranched alkanes of at least 4 members (excludes halogenated alkanes) is 1. The number of anilines is 1. The topological polar surface area (TPSA) is 197 Å². The number of carboxylic acid groups (broad SMARTS) is 1. The number of aryl methyl sites for hydroxylation is 1. The number of benzene rings is 3. The first-order valence-electron chi connectivity index (χ1n) is 18.7. The van der Waals surface area contributed by atoms with Crippen molar-refractivity contribution in [1.82, 2.24) is 10.2 Å². The van der Waals surface area contributed by atoms with Crippen LogP contribution < -0.4 is 20.5 Å². The molecule has 0 radical (unpaired) electrons. The molecule has 0 aliphatic carbocycles. The molecule has 0 saturated carbocycles. The third kappa shape index (κ3) is 10.3. The molecule has 2 aliphatic heterocycles. The van der Waals surface area contributed by atoms with E-state index in [1.807, 2.05) is 55.5 Å². The van der Waals surface area contributed by atoms with Crippen LogP contribution in [0.15, 0.2) is 100 Å². The number of halogens is 1. The number of thiazole rings is 1. The predicted octanol–water partition coefficient (Wildman–Crippen LogP) is 5.48. The molecule has 2 amide bonds. The smallest absolute Gasteiger partial charge is 0.329 e.